The Morgan fingerprint density at radius 1 is 1.00 bits per heavy atom. The van der Waals surface area contributed by atoms with Crippen LogP contribution in [0.4, 0.5) is 0 Å². The van der Waals surface area contributed by atoms with E-state index < -0.39 is 0 Å². The van der Waals surface area contributed by atoms with Gasteiger partial charge in [-0.1, -0.05) is 35.5 Å². The highest BCUT2D eigenvalue weighted by atomic mass is 16.5. The summed E-state index contributed by atoms with van der Waals surface area (Å²) in [7, 11) is 0. The highest BCUT2D eigenvalue weighted by molar-refractivity contribution is 5.79. The predicted molar refractivity (Wildman–Crippen MR) is 97.1 cm³/mol. The fraction of sp³-hybridized carbons (Fsp3) is 0.250. The summed E-state index contributed by atoms with van der Waals surface area (Å²) in [4.78, 5) is 17.4. The minimum absolute atomic E-state index is 0.0406. The van der Waals surface area contributed by atoms with Crippen molar-refractivity contribution in [3.05, 3.63) is 82.5 Å². The lowest BCUT2D eigenvalue weighted by molar-refractivity contribution is 0.373. The van der Waals surface area contributed by atoms with Gasteiger partial charge in [-0.3, -0.25) is 4.79 Å². The third-order valence-corrected chi connectivity index (χ3v) is 4.81. The molecule has 1 aliphatic carbocycles. The van der Waals surface area contributed by atoms with Gasteiger partial charge in [0.2, 0.25) is 5.89 Å². The summed E-state index contributed by atoms with van der Waals surface area (Å²) in [5.41, 5.74) is 1.82. The molecule has 0 N–H and O–H groups in total. The van der Waals surface area contributed by atoms with Crippen LogP contribution in [0.25, 0.3) is 10.9 Å². The van der Waals surface area contributed by atoms with Gasteiger partial charge in [0.15, 0.2) is 5.82 Å². The zero-order chi connectivity index (χ0) is 17.5. The number of hydrogen-bond donors (Lipinski definition) is 0. The molecule has 3 heterocycles. The fourth-order valence-corrected chi connectivity index (χ4v) is 3.26. The molecule has 4 aromatic rings. The van der Waals surface area contributed by atoms with E-state index in [4.69, 9.17) is 4.52 Å². The second-order valence-corrected chi connectivity index (χ2v) is 6.81. The highest BCUT2D eigenvalue weighted by Crippen LogP contribution is 2.38. The van der Waals surface area contributed by atoms with Gasteiger partial charge in [-0.15, -0.1) is 0 Å². The summed E-state index contributed by atoms with van der Waals surface area (Å²) in [5, 5.41) is 4.96. The van der Waals surface area contributed by atoms with Crippen LogP contribution in [-0.4, -0.2) is 19.3 Å². The molecule has 0 saturated heterocycles. The van der Waals surface area contributed by atoms with E-state index in [1.54, 1.807) is 10.8 Å². The van der Waals surface area contributed by atoms with Crippen molar-refractivity contribution in [2.24, 2.45) is 0 Å². The van der Waals surface area contributed by atoms with E-state index in [1.165, 1.54) is 0 Å². The first-order valence-electron chi connectivity index (χ1n) is 8.82. The Labute approximate surface area is 149 Å². The topological polar surface area (TPSA) is 65.8 Å². The number of benzene rings is 1. The minimum Gasteiger partial charge on any atom is -0.339 e. The maximum absolute atomic E-state index is 13.0. The average molecular weight is 346 g/mol. The van der Waals surface area contributed by atoms with Crippen LogP contribution in [0.1, 0.15) is 36.0 Å². The number of hydrogen-bond acceptors (Lipinski definition) is 4. The summed E-state index contributed by atoms with van der Waals surface area (Å²) in [6.45, 7) is 0.985. The number of pyridine rings is 1. The minimum atomic E-state index is -0.0406. The molecule has 6 nitrogen and oxygen atoms in total. The van der Waals surface area contributed by atoms with Crippen LogP contribution in [0.2, 0.25) is 0 Å². The summed E-state index contributed by atoms with van der Waals surface area (Å²) in [5.74, 6) is 1.66. The van der Waals surface area contributed by atoms with Crippen LogP contribution in [-0.2, 0) is 13.1 Å². The molecule has 0 amide bonds. The Morgan fingerprint density at radius 2 is 1.77 bits per heavy atom. The first kappa shape index (κ1) is 15.1. The van der Waals surface area contributed by atoms with Crippen LogP contribution in [0, 0.1) is 0 Å². The molecule has 0 spiro atoms. The van der Waals surface area contributed by atoms with Crippen molar-refractivity contribution in [3.8, 4) is 0 Å². The second kappa shape index (κ2) is 5.98. The summed E-state index contributed by atoms with van der Waals surface area (Å²) < 4.78 is 8.93. The summed E-state index contributed by atoms with van der Waals surface area (Å²) in [6, 6.07) is 14.1. The molecule has 6 heteroatoms. The third-order valence-electron chi connectivity index (χ3n) is 4.81. The Bertz CT molecular complexity index is 1120. The summed E-state index contributed by atoms with van der Waals surface area (Å²) >= 11 is 0. The van der Waals surface area contributed by atoms with Gasteiger partial charge in [0.25, 0.3) is 5.56 Å². The Hall–Kier alpha value is -3.15. The molecule has 26 heavy (non-hydrogen) atoms. The normalized spacial score (nSPS) is 14.2. The predicted octanol–water partition coefficient (Wildman–Crippen LogP) is 3.16. The van der Waals surface area contributed by atoms with Gasteiger partial charge < -0.3 is 13.7 Å². The second-order valence-electron chi connectivity index (χ2n) is 6.81. The van der Waals surface area contributed by atoms with Gasteiger partial charge in [-0.2, -0.15) is 4.98 Å². The van der Waals surface area contributed by atoms with Crippen molar-refractivity contribution in [3.63, 3.8) is 0 Å². The molecule has 1 aliphatic rings. The molecule has 1 saturated carbocycles. The largest absolute Gasteiger partial charge is 0.339 e. The zero-order valence-electron chi connectivity index (χ0n) is 14.2. The molecular formula is C20H18N4O2. The molecule has 3 aromatic heterocycles. The maximum Gasteiger partial charge on any atom is 0.275 e. The molecule has 0 unspecified atom stereocenters. The smallest absolute Gasteiger partial charge is 0.275 e. The van der Waals surface area contributed by atoms with Gasteiger partial charge in [0, 0.05) is 30.2 Å². The van der Waals surface area contributed by atoms with Crippen molar-refractivity contribution in [2.75, 3.05) is 0 Å². The standard InChI is InChI=1S/C20H18N4O2/c25-20-18-15(8-10-23(18)12-14-4-2-1-3-5-14)9-11-24(20)13-17-21-19(26-22-17)16-6-7-16/h1-5,8-11,16H,6-7,12-13H2. The molecule has 5 rings (SSSR count). The van der Waals surface area contributed by atoms with Crippen molar-refractivity contribution in [1.29, 1.82) is 0 Å². The maximum atomic E-state index is 13.0. The molecule has 0 aliphatic heterocycles. The van der Waals surface area contributed by atoms with E-state index in [0.717, 1.165) is 23.8 Å². The van der Waals surface area contributed by atoms with Gasteiger partial charge in [0.05, 0.1) is 6.54 Å². The summed E-state index contributed by atoms with van der Waals surface area (Å²) in [6.07, 6.45) is 5.98. The first-order valence-corrected chi connectivity index (χ1v) is 8.82. The highest BCUT2D eigenvalue weighted by Gasteiger charge is 2.29. The molecule has 1 aromatic carbocycles. The van der Waals surface area contributed by atoms with Crippen molar-refractivity contribution in [1.82, 2.24) is 19.3 Å². The van der Waals surface area contributed by atoms with Gasteiger partial charge in [0.1, 0.15) is 5.52 Å². The van der Waals surface area contributed by atoms with Crippen molar-refractivity contribution in [2.45, 2.75) is 31.8 Å². The number of aromatic nitrogens is 4. The number of rotatable bonds is 5. The Morgan fingerprint density at radius 3 is 2.54 bits per heavy atom. The average Bonchev–Trinajstić information content (AvgIpc) is 3.27. The lowest BCUT2D eigenvalue weighted by Crippen LogP contribution is -2.22. The van der Waals surface area contributed by atoms with Crippen LogP contribution in [0.3, 0.4) is 0 Å². The molecule has 0 radical (unpaired) electrons. The zero-order valence-corrected chi connectivity index (χ0v) is 14.2. The first-order chi connectivity index (χ1) is 12.8. The molecule has 130 valence electrons. The van der Waals surface area contributed by atoms with Crippen LogP contribution < -0.4 is 5.56 Å². The quantitative estimate of drug-likeness (QED) is 0.557. The van der Waals surface area contributed by atoms with E-state index in [9.17, 15) is 4.79 Å². The Kier molecular flexibility index (Phi) is 3.48. The Balaban J connectivity index is 1.49. The van der Waals surface area contributed by atoms with Crippen molar-refractivity contribution < 1.29 is 4.52 Å². The lowest BCUT2D eigenvalue weighted by atomic mass is 10.2. The van der Waals surface area contributed by atoms with Crippen molar-refractivity contribution >= 4 is 10.9 Å². The third kappa shape index (κ3) is 2.73. The molecule has 0 bridgehead atoms. The van der Waals surface area contributed by atoms with E-state index in [0.29, 0.717) is 36.2 Å². The van der Waals surface area contributed by atoms with E-state index in [1.807, 2.05) is 41.1 Å². The number of fused-ring (bicyclic) bond motifs is 1. The number of nitrogens with zero attached hydrogens (tertiary/aromatic N) is 4. The lowest BCUT2D eigenvalue weighted by Gasteiger charge is -2.07. The fourth-order valence-electron chi connectivity index (χ4n) is 3.26. The van der Waals surface area contributed by atoms with Crippen LogP contribution in [0.5, 0.6) is 0 Å². The van der Waals surface area contributed by atoms with E-state index in [-0.39, 0.29) is 5.56 Å². The van der Waals surface area contributed by atoms with Gasteiger partial charge in [-0.05, 0) is 30.5 Å². The van der Waals surface area contributed by atoms with Gasteiger partial charge >= 0.3 is 0 Å². The molecular weight excluding hydrogens is 328 g/mol. The molecule has 1 fully saturated rings. The SMILES string of the molecule is O=c1c2c(ccn1Cc1noc(C3CC3)n1)ccn2Cc1ccccc1. The van der Waals surface area contributed by atoms with Gasteiger partial charge in [-0.25, -0.2) is 0 Å². The van der Waals surface area contributed by atoms with Crippen LogP contribution in [0.15, 0.2) is 64.2 Å². The monoisotopic (exact) mass is 346 g/mol. The van der Waals surface area contributed by atoms with E-state index >= 15 is 0 Å². The van der Waals surface area contributed by atoms with Crippen LogP contribution >= 0.6 is 0 Å². The van der Waals surface area contributed by atoms with E-state index in [2.05, 4.69) is 22.3 Å². The molecule has 0 atom stereocenters.